The van der Waals surface area contributed by atoms with E-state index < -0.39 is 0 Å². The molecule has 0 atom stereocenters. The Morgan fingerprint density at radius 2 is 1.95 bits per heavy atom. The van der Waals surface area contributed by atoms with E-state index in [1.807, 2.05) is 23.4 Å². The van der Waals surface area contributed by atoms with Crippen molar-refractivity contribution in [3.8, 4) is 11.3 Å². The van der Waals surface area contributed by atoms with Gasteiger partial charge in [0.15, 0.2) is 0 Å². The van der Waals surface area contributed by atoms with Crippen molar-refractivity contribution in [2.45, 2.75) is 38.1 Å². The Hall–Kier alpha value is -2.17. The fourth-order valence-corrected chi connectivity index (χ4v) is 3.93. The maximum Gasteiger partial charge on any atom is 0.219 e. The molecule has 114 valence electrons. The van der Waals surface area contributed by atoms with E-state index in [0.29, 0.717) is 0 Å². The number of pyridine rings is 1. The Kier molecular flexibility index (Phi) is 3.03. The largest absolute Gasteiger partial charge is 0.343 e. The molecule has 1 amide bonds. The zero-order valence-electron chi connectivity index (χ0n) is 12.8. The second-order valence-electron chi connectivity index (χ2n) is 6.40. The van der Waals surface area contributed by atoms with Gasteiger partial charge in [0.25, 0.3) is 0 Å². The Labute approximate surface area is 130 Å². The summed E-state index contributed by atoms with van der Waals surface area (Å²) in [4.78, 5) is 22.5. The third-order valence-electron chi connectivity index (χ3n) is 5.27. The Bertz CT molecular complexity index is 699. The summed E-state index contributed by atoms with van der Waals surface area (Å²) in [7, 11) is 0. The highest BCUT2D eigenvalue weighted by Gasteiger charge is 2.44. The van der Waals surface area contributed by atoms with Crippen LogP contribution in [0.1, 0.15) is 32.0 Å². The first-order valence-corrected chi connectivity index (χ1v) is 7.92. The monoisotopic (exact) mass is 296 g/mol. The van der Waals surface area contributed by atoms with Gasteiger partial charge >= 0.3 is 0 Å². The second kappa shape index (κ2) is 4.93. The summed E-state index contributed by atoms with van der Waals surface area (Å²) in [6.45, 7) is 4.38. The van der Waals surface area contributed by atoms with Gasteiger partial charge in [0.2, 0.25) is 5.91 Å². The lowest BCUT2D eigenvalue weighted by molar-refractivity contribution is -0.130. The maximum atomic E-state index is 11.5. The van der Waals surface area contributed by atoms with Gasteiger partial charge in [-0.3, -0.25) is 9.78 Å². The lowest BCUT2D eigenvalue weighted by Gasteiger charge is -2.38. The van der Waals surface area contributed by atoms with Crippen molar-refractivity contribution >= 4 is 5.91 Å². The minimum Gasteiger partial charge on any atom is -0.343 e. The number of rotatable bonds is 1. The number of aromatic nitrogens is 3. The molecular formula is C17H20N4O. The molecular weight excluding hydrogens is 276 g/mol. The molecule has 0 aliphatic carbocycles. The Morgan fingerprint density at radius 1 is 1.18 bits per heavy atom. The molecule has 1 saturated heterocycles. The average molecular weight is 296 g/mol. The van der Waals surface area contributed by atoms with Gasteiger partial charge in [-0.1, -0.05) is 0 Å². The predicted molar refractivity (Wildman–Crippen MR) is 83.2 cm³/mol. The number of hydrogen-bond donors (Lipinski definition) is 0. The summed E-state index contributed by atoms with van der Waals surface area (Å²) in [6, 6.07) is 4.05. The molecule has 0 radical (unpaired) electrons. The Morgan fingerprint density at radius 3 is 2.64 bits per heavy atom. The van der Waals surface area contributed by atoms with E-state index >= 15 is 0 Å². The van der Waals surface area contributed by atoms with Crippen molar-refractivity contribution in [3.05, 3.63) is 36.5 Å². The van der Waals surface area contributed by atoms with Crippen molar-refractivity contribution in [1.82, 2.24) is 19.4 Å². The van der Waals surface area contributed by atoms with E-state index in [1.165, 1.54) is 5.82 Å². The molecule has 0 bridgehead atoms. The summed E-state index contributed by atoms with van der Waals surface area (Å²) in [5.74, 6) is 1.39. The minimum absolute atomic E-state index is 0.159. The van der Waals surface area contributed by atoms with Gasteiger partial charge in [0.1, 0.15) is 5.82 Å². The SMILES string of the molecule is CC(=O)N1CCC2(CC1)CCn1c(-c3cccnc3)cnc12. The first-order chi connectivity index (χ1) is 10.7. The van der Waals surface area contributed by atoms with Crippen LogP contribution < -0.4 is 0 Å². The third-order valence-corrected chi connectivity index (χ3v) is 5.27. The molecule has 4 rings (SSSR count). The second-order valence-corrected chi connectivity index (χ2v) is 6.40. The molecule has 2 aromatic rings. The van der Waals surface area contributed by atoms with Gasteiger partial charge in [-0.25, -0.2) is 4.98 Å². The van der Waals surface area contributed by atoms with Crippen LogP contribution in [0.4, 0.5) is 0 Å². The highest BCUT2D eigenvalue weighted by molar-refractivity contribution is 5.73. The molecule has 22 heavy (non-hydrogen) atoms. The molecule has 5 nitrogen and oxygen atoms in total. The van der Waals surface area contributed by atoms with E-state index in [4.69, 9.17) is 4.98 Å². The van der Waals surface area contributed by atoms with Gasteiger partial charge in [-0.15, -0.1) is 0 Å². The van der Waals surface area contributed by atoms with Crippen LogP contribution in [0.3, 0.4) is 0 Å². The number of hydrogen-bond acceptors (Lipinski definition) is 3. The smallest absolute Gasteiger partial charge is 0.219 e. The summed E-state index contributed by atoms with van der Waals surface area (Å²) < 4.78 is 2.35. The summed E-state index contributed by atoms with van der Waals surface area (Å²) >= 11 is 0. The molecule has 0 saturated carbocycles. The normalized spacial score (nSPS) is 19.4. The first-order valence-electron chi connectivity index (χ1n) is 7.92. The number of carbonyl (C=O) groups excluding carboxylic acids is 1. The van der Waals surface area contributed by atoms with Crippen LogP contribution in [0.2, 0.25) is 0 Å². The zero-order valence-corrected chi connectivity index (χ0v) is 12.8. The van der Waals surface area contributed by atoms with Gasteiger partial charge in [0, 0.05) is 49.9 Å². The van der Waals surface area contributed by atoms with Crippen LogP contribution in [-0.4, -0.2) is 38.4 Å². The van der Waals surface area contributed by atoms with E-state index in [-0.39, 0.29) is 11.3 Å². The number of nitrogens with zero attached hydrogens (tertiary/aromatic N) is 4. The minimum atomic E-state index is 0.159. The third kappa shape index (κ3) is 1.95. The van der Waals surface area contributed by atoms with Gasteiger partial charge in [-0.2, -0.15) is 0 Å². The molecule has 0 N–H and O–H groups in total. The number of fused-ring (bicyclic) bond motifs is 2. The molecule has 2 aromatic heterocycles. The van der Waals surface area contributed by atoms with Crippen LogP contribution in [-0.2, 0) is 16.8 Å². The maximum absolute atomic E-state index is 11.5. The molecule has 0 aromatic carbocycles. The van der Waals surface area contributed by atoms with Crippen molar-refractivity contribution in [1.29, 1.82) is 0 Å². The number of imidazole rings is 1. The number of amides is 1. The topological polar surface area (TPSA) is 51.0 Å². The molecule has 2 aliphatic rings. The van der Waals surface area contributed by atoms with Crippen molar-refractivity contribution in [2.24, 2.45) is 0 Å². The zero-order chi connectivity index (χ0) is 15.2. The van der Waals surface area contributed by atoms with Gasteiger partial charge in [-0.05, 0) is 31.4 Å². The predicted octanol–water partition coefficient (Wildman–Crippen LogP) is 2.23. The number of likely N-dealkylation sites (tertiary alicyclic amines) is 1. The summed E-state index contributed by atoms with van der Waals surface area (Å²) in [5, 5.41) is 0. The van der Waals surface area contributed by atoms with Crippen LogP contribution in [0.5, 0.6) is 0 Å². The van der Waals surface area contributed by atoms with Crippen LogP contribution >= 0.6 is 0 Å². The highest BCUT2D eigenvalue weighted by atomic mass is 16.2. The average Bonchev–Trinajstić information content (AvgIpc) is 3.11. The highest BCUT2D eigenvalue weighted by Crippen LogP contribution is 2.44. The molecule has 5 heteroatoms. The Balaban J connectivity index is 1.65. The van der Waals surface area contributed by atoms with Crippen LogP contribution in [0.25, 0.3) is 11.3 Å². The molecule has 1 spiro atoms. The van der Waals surface area contributed by atoms with Gasteiger partial charge < -0.3 is 9.47 Å². The lowest BCUT2D eigenvalue weighted by Crippen LogP contribution is -2.43. The van der Waals surface area contributed by atoms with E-state index in [2.05, 4.69) is 15.6 Å². The fraction of sp³-hybridized carbons (Fsp3) is 0.471. The number of piperidine rings is 1. The molecule has 2 aliphatic heterocycles. The number of carbonyl (C=O) groups is 1. The van der Waals surface area contributed by atoms with Gasteiger partial charge in [0.05, 0.1) is 11.9 Å². The quantitative estimate of drug-likeness (QED) is 0.811. The molecule has 1 fully saturated rings. The first kappa shape index (κ1) is 13.5. The lowest BCUT2D eigenvalue weighted by atomic mass is 9.76. The van der Waals surface area contributed by atoms with E-state index in [9.17, 15) is 4.79 Å². The molecule has 0 unspecified atom stereocenters. The van der Waals surface area contributed by atoms with Crippen molar-refractivity contribution in [2.75, 3.05) is 13.1 Å². The standard InChI is InChI=1S/C17H20N4O/c1-13(22)20-8-4-17(5-9-20)6-10-21-15(12-19-16(17)21)14-3-2-7-18-11-14/h2-3,7,11-12H,4-6,8-10H2,1H3. The molecule has 4 heterocycles. The van der Waals surface area contributed by atoms with Crippen molar-refractivity contribution in [3.63, 3.8) is 0 Å². The fourth-order valence-electron chi connectivity index (χ4n) is 3.93. The van der Waals surface area contributed by atoms with Crippen LogP contribution in [0.15, 0.2) is 30.7 Å². The van der Waals surface area contributed by atoms with E-state index in [0.717, 1.165) is 50.2 Å². The summed E-state index contributed by atoms with van der Waals surface area (Å²) in [6.07, 6.45) is 8.85. The van der Waals surface area contributed by atoms with Crippen LogP contribution in [0, 0.1) is 0 Å². The summed E-state index contributed by atoms with van der Waals surface area (Å²) in [5.41, 5.74) is 2.44. The van der Waals surface area contributed by atoms with Crippen molar-refractivity contribution < 1.29 is 4.79 Å². The van der Waals surface area contributed by atoms with E-state index in [1.54, 1.807) is 13.1 Å².